The van der Waals surface area contributed by atoms with Crippen molar-refractivity contribution < 1.29 is 9.53 Å². The Morgan fingerprint density at radius 1 is 1.33 bits per heavy atom. The van der Waals surface area contributed by atoms with E-state index in [1.54, 1.807) is 0 Å². The van der Waals surface area contributed by atoms with E-state index in [1.807, 2.05) is 6.92 Å². The Hall–Kier alpha value is -0.830. The monoisotopic (exact) mass is 293 g/mol. The maximum Gasteiger partial charge on any atom is 0.305 e. The molecule has 0 saturated heterocycles. The van der Waals surface area contributed by atoms with Gasteiger partial charge >= 0.3 is 5.97 Å². The van der Waals surface area contributed by atoms with Crippen LogP contribution in [-0.2, 0) is 9.53 Å². The molecule has 120 valence electrons. The number of rotatable bonds is 7. The fourth-order valence-corrected chi connectivity index (χ4v) is 4.20. The number of unbranched alkanes of at least 4 members (excludes halogenated alkanes) is 1. The molecule has 3 aliphatic carbocycles. The predicted octanol–water partition coefficient (Wildman–Crippen LogP) is 3.68. The number of esters is 1. The Morgan fingerprint density at radius 2 is 2.10 bits per heavy atom. The van der Waals surface area contributed by atoms with Gasteiger partial charge in [0, 0.05) is 12.5 Å². The van der Waals surface area contributed by atoms with Gasteiger partial charge < -0.3 is 10.5 Å². The molecule has 0 spiro atoms. The average molecular weight is 293 g/mol. The standard InChI is InChI=1S/C18H31NO2/c1-4-21-16(20)10-8-6-5-7-9-13-11-14-12-15(17(13)19)18(14,2)3/h5,7,13-15,17H,4,6,8-12,19H2,1-3H3/b7-5-/t13?,14?,15?,17-/m1/s1. The molecule has 3 heteroatoms. The zero-order valence-corrected chi connectivity index (χ0v) is 13.8. The van der Waals surface area contributed by atoms with E-state index in [9.17, 15) is 4.79 Å². The lowest BCUT2D eigenvalue weighted by Crippen LogP contribution is -2.61. The molecule has 0 radical (unpaired) electrons. The van der Waals surface area contributed by atoms with Crippen LogP contribution in [0.25, 0.3) is 0 Å². The van der Waals surface area contributed by atoms with Crippen molar-refractivity contribution >= 4 is 5.97 Å². The summed E-state index contributed by atoms with van der Waals surface area (Å²) in [5.74, 6) is 2.17. The summed E-state index contributed by atoms with van der Waals surface area (Å²) in [6.45, 7) is 7.09. The van der Waals surface area contributed by atoms with Crippen molar-refractivity contribution in [2.24, 2.45) is 28.9 Å². The molecule has 0 aromatic rings. The topological polar surface area (TPSA) is 52.3 Å². The molecule has 3 nitrogen and oxygen atoms in total. The van der Waals surface area contributed by atoms with E-state index in [-0.39, 0.29) is 5.97 Å². The molecule has 3 fully saturated rings. The zero-order chi connectivity index (χ0) is 15.5. The van der Waals surface area contributed by atoms with Crippen molar-refractivity contribution in [2.45, 2.75) is 65.3 Å². The van der Waals surface area contributed by atoms with Crippen LogP contribution in [0.4, 0.5) is 0 Å². The SMILES string of the molecule is CCOC(=O)CCC/C=C\CC1CC2CC([C@@H]1N)C2(C)C. The lowest BCUT2D eigenvalue weighted by atomic mass is 9.45. The van der Waals surface area contributed by atoms with E-state index in [4.69, 9.17) is 10.5 Å². The first-order valence-corrected chi connectivity index (χ1v) is 8.53. The maximum atomic E-state index is 11.2. The summed E-state index contributed by atoms with van der Waals surface area (Å²) in [5.41, 5.74) is 6.93. The number of fused-ring (bicyclic) bond motifs is 2. The number of hydrogen-bond acceptors (Lipinski definition) is 3. The Balaban J connectivity index is 1.63. The molecule has 0 aliphatic heterocycles. The number of carbonyl (C=O) groups excluding carboxylic acids is 1. The van der Waals surface area contributed by atoms with Gasteiger partial charge in [0.15, 0.2) is 0 Å². The molecule has 4 atom stereocenters. The van der Waals surface area contributed by atoms with Crippen molar-refractivity contribution in [1.82, 2.24) is 0 Å². The van der Waals surface area contributed by atoms with E-state index in [0.29, 0.717) is 30.4 Å². The fraction of sp³-hybridized carbons (Fsp3) is 0.833. The minimum atomic E-state index is -0.0810. The first kappa shape index (κ1) is 16.5. The van der Waals surface area contributed by atoms with Crippen LogP contribution in [0.3, 0.4) is 0 Å². The predicted molar refractivity (Wildman–Crippen MR) is 85.7 cm³/mol. The first-order valence-electron chi connectivity index (χ1n) is 8.53. The van der Waals surface area contributed by atoms with Crippen LogP contribution < -0.4 is 5.73 Å². The Morgan fingerprint density at radius 3 is 2.71 bits per heavy atom. The minimum Gasteiger partial charge on any atom is -0.466 e. The molecule has 2 bridgehead atoms. The zero-order valence-electron chi connectivity index (χ0n) is 13.8. The largest absolute Gasteiger partial charge is 0.466 e. The molecule has 0 aromatic carbocycles. The quantitative estimate of drug-likeness (QED) is 0.442. The molecule has 3 saturated carbocycles. The van der Waals surface area contributed by atoms with Gasteiger partial charge in [-0.2, -0.15) is 0 Å². The maximum absolute atomic E-state index is 11.2. The van der Waals surface area contributed by atoms with Crippen LogP contribution in [0, 0.1) is 23.2 Å². The molecule has 21 heavy (non-hydrogen) atoms. The first-order chi connectivity index (χ1) is 9.96. The molecule has 2 N–H and O–H groups in total. The molecular weight excluding hydrogens is 262 g/mol. The summed E-state index contributed by atoms with van der Waals surface area (Å²) in [5, 5.41) is 0. The Labute approximate surface area is 129 Å². The van der Waals surface area contributed by atoms with E-state index < -0.39 is 0 Å². The number of allylic oxidation sites excluding steroid dienone is 2. The van der Waals surface area contributed by atoms with E-state index in [0.717, 1.165) is 31.1 Å². The highest BCUT2D eigenvalue weighted by Crippen LogP contribution is 2.60. The van der Waals surface area contributed by atoms with E-state index >= 15 is 0 Å². The van der Waals surface area contributed by atoms with Crippen LogP contribution in [0.1, 0.15) is 59.3 Å². The van der Waals surface area contributed by atoms with E-state index in [2.05, 4.69) is 26.0 Å². The fourth-order valence-electron chi connectivity index (χ4n) is 4.20. The third-order valence-electron chi connectivity index (χ3n) is 5.81. The van der Waals surface area contributed by atoms with Crippen LogP contribution in [0.2, 0.25) is 0 Å². The van der Waals surface area contributed by atoms with Crippen molar-refractivity contribution in [3.8, 4) is 0 Å². The van der Waals surface area contributed by atoms with Crippen LogP contribution in [-0.4, -0.2) is 18.6 Å². The van der Waals surface area contributed by atoms with Gasteiger partial charge in [0.05, 0.1) is 6.61 Å². The molecule has 3 rings (SSSR count). The highest BCUT2D eigenvalue weighted by atomic mass is 16.5. The second kappa shape index (κ2) is 6.95. The highest BCUT2D eigenvalue weighted by Gasteiger charge is 2.56. The van der Waals surface area contributed by atoms with Gasteiger partial charge in [0.2, 0.25) is 0 Å². The van der Waals surface area contributed by atoms with Crippen molar-refractivity contribution in [3.05, 3.63) is 12.2 Å². The van der Waals surface area contributed by atoms with Crippen molar-refractivity contribution in [2.75, 3.05) is 6.61 Å². The summed E-state index contributed by atoms with van der Waals surface area (Å²) in [4.78, 5) is 11.2. The van der Waals surface area contributed by atoms with Gasteiger partial charge in [-0.3, -0.25) is 4.79 Å². The summed E-state index contributed by atoms with van der Waals surface area (Å²) < 4.78 is 4.91. The lowest BCUT2D eigenvalue weighted by molar-refractivity contribution is -0.143. The third kappa shape index (κ3) is 3.68. The third-order valence-corrected chi connectivity index (χ3v) is 5.81. The van der Waals surface area contributed by atoms with Gasteiger partial charge in [-0.05, 0) is 62.2 Å². The van der Waals surface area contributed by atoms with E-state index in [1.165, 1.54) is 12.8 Å². The molecule has 0 aromatic heterocycles. The Bertz CT molecular complexity index is 389. The normalized spacial score (nSPS) is 33.7. The summed E-state index contributed by atoms with van der Waals surface area (Å²) in [6.07, 6.45) is 10.6. The van der Waals surface area contributed by atoms with Gasteiger partial charge in [0.1, 0.15) is 0 Å². The average Bonchev–Trinajstić information content (AvgIpc) is 2.43. The smallest absolute Gasteiger partial charge is 0.305 e. The number of carbonyl (C=O) groups is 1. The Kier molecular flexibility index (Phi) is 5.48. The number of hydrogen-bond donors (Lipinski definition) is 1. The summed E-state index contributed by atoms with van der Waals surface area (Å²) in [7, 11) is 0. The molecule has 0 amide bonds. The second-order valence-corrected chi connectivity index (χ2v) is 7.34. The summed E-state index contributed by atoms with van der Waals surface area (Å²) in [6, 6.07) is 0.370. The molecule has 3 aliphatic rings. The van der Waals surface area contributed by atoms with Crippen molar-refractivity contribution in [1.29, 1.82) is 0 Å². The van der Waals surface area contributed by atoms with Gasteiger partial charge in [-0.1, -0.05) is 26.0 Å². The van der Waals surface area contributed by atoms with Gasteiger partial charge in [0.25, 0.3) is 0 Å². The highest BCUT2D eigenvalue weighted by molar-refractivity contribution is 5.69. The second-order valence-electron chi connectivity index (χ2n) is 7.34. The molecule has 0 heterocycles. The molecular formula is C18H31NO2. The number of ether oxygens (including phenoxy) is 1. The molecule has 3 unspecified atom stereocenters. The van der Waals surface area contributed by atoms with Gasteiger partial charge in [-0.15, -0.1) is 0 Å². The van der Waals surface area contributed by atoms with Crippen molar-refractivity contribution in [3.63, 3.8) is 0 Å². The minimum absolute atomic E-state index is 0.0810. The van der Waals surface area contributed by atoms with Gasteiger partial charge in [-0.25, -0.2) is 0 Å². The van der Waals surface area contributed by atoms with Crippen LogP contribution in [0.15, 0.2) is 12.2 Å². The summed E-state index contributed by atoms with van der Waals surface area (Å²) >= 11 is 0. The lowest BCUT2D eigenvalue weighted by Gasteiger charge is -2.61. The van der Waals surface area contributed by atoms with Crippen LogP contribution in [0.5, 0.6) is 0 Å². The van der Waals surface area contributed by atoms with Crippen LogP contribution >= 0.6 is 0 Å². The number of nitrogens with two attached hydrogens (primary N) is 1.